The molecule has 13 heteroatoms. The van der Waals surface area contributed by atoms with Crippen molar-refractivity contribution >= 4 is 20.0 Å². The summed E-state index contributed by atoms with van der Waals surface area (Å²) in [6, 6.07) is 13.5. The van der Waals surface area contributed by atoms with Crippen LogP contribution in [0.4, 0.5) is 0 Å². The quantitative estimate of drug-likeness (QED) is 0.407. The largest absolute Gasteiger partial charge is 0.379 e. The van der Waals surface area contributed by atoms with Crippen LogP contribution in [0.3, 0.4) is 0 Å². The van der Waals surface area contributed by atoms with E-state index in [2.05, 4.69) is 19.2 Å². The number of sulfonamides is 2. The summed E-state index contributed by atoms with van der Waals surface area (Å²) in [6.07, 6.45) is 0. The summed E-state index contributed by atoms with van der Waals surface area (Å²) in [4.78, 5) is 4.71. The monoisotopic (exact) mass is 612 g/mol. The molecule has 2 N–H and O–H groups in total. The Labute approximate surface area is 245 Å². The van der Waals surface area contributed by atoms with Crippen LogP contribution in [0.2, 0.25) is 0 Å². The van der Waals surface area contributed by atoms with Crippen LogP contribution in [-0.4, -0.2) is 119 Å². The summed E-state index contributed by atoms with van der Waals surface area (Å²) in [5, 5.41) is 0. The highest BCUT2D eigenvalue weighted by Crippen LogP contribution is 2.10. The van der Waals surface area contributed by atoms with E-state index in [-0.39, 0.29) is 22.9 Å². The van der Waals surface area contributed by atoms with E-state index < -0.39 is 20.0 Å². The zero-order valence-electron chi connectivity index (χ0n) is 24.1. The van der Waals surface area contributed by atoms with Crippen molar-refractivity contribution in [2.24, 2.45) is 0 Å². The van der Waals surface area contributed by atoms with Gasteiger partial charge >= 0.3 is 0 Å². The van der Waals surface area contributed by atoms with E-state index >= 15 is 0 Å². The molecule has 0 atom stereocenters. The first-order chi connectivity index (χ1) is 19.7. The second-order valence-electron chi connectivity index (χ2n) is 9.94. The van der Waals surface area contributed by atoms with Gasteiger partial charge in [0, 0.05) is 52.4 Å². The van der Waals surface area contributed by atoms with Crippen molar-refractivity contribution in [2.75, 3.05) is 92.0 Å². The minimum atomic E-state index is -3.58. The van der Waals surface area contributed by atoms with Crippen LogP contribution in [0.15, 0.2) is 58.3 Å². The molecule has 1 aliphatic heterocycles. The maximum absolute atomic E-state index is 12.6. The molecule has 41 heavy (non-hydrogen) atoms. The molecule has 0 bridgehead atoms. The fraction of sp³-hybridized carbons (Fsp3) is 0.571. The van der Waals surface area contributed by atoms with Crippen molar-refractivity contribution in [3.63, 3.8) is 0 Å². The molecule has 1 heterocycles. The number of hydrogen-bond acceptors (Lipinski definition) is 9. The number of nitrogens with one attached hydrogen (secondary N) is 2. The lowest BCUT2D eigenvalue weighted by Crippen LogP contribution is -2.39. The van der Waals surface area contributed by atoms with Crippen molar-refractivity contribution in [1.29, 1.82) is 0 Å². The number of rotatable bonds is 10. The smallest absolute Gasteiger partial charge is 0.240 e. The van der Waals surface area contributed by atoms with Crippen LogP contribution >= 0.6 is 0 Å². The van der Waals surface area contributed by atoms with E-state index in [0.29, 0.717) is 78.9 Å². The van der Waals surface area contributed by atoms with Gasteiger partial charge in [-0.2, -0.15) is 0 Å². The highest BCUT2D eigenvalue weighted by atomic mass is 32.2. The van der Waals surface area contributed by atoms with E-state index in [4.69, 9.17) is 14.2 Å². The molecule has 0 saturated carbocycles. The summed E-state index contributed by atoms with van der Waals surface area (Å²) < 4.78 is 73.1. The van der Waals surface area contributed by atoms with E-state index in [1.807, 2.05) is 13.8 Å². The first-order valence-corrected chi connectivity index (χ1v) is 16.9. The molecular formula is C28H44N4O7S2. The van der Waals surface area contributed by atoms with E-state index in [0.717, 1.165) is 11.1 Å². The summed E-state index contributed by atoms with van der Waals surface area (Å²) in [5.74, 6) is 0. The molecule has 0 radical (unpaired) electrons. The Morgan fingerprint density at radius 2 is 0.878 bits per heavy atom. The molecule has 0 aromatic heterocycles. The van der Waals surface area contributed by atoms with Gasteiger partial charge in [-0.25, -0.2) is 26.3 Å². The summed E-state index contributed by atoms with van der Waals surface area (Å²) >= 11 is 0. The Hall–Kier alpha value is -1.94. The number of ether oxygens (including phenoxy) is 3. The lowest BCUT2D eigenvalue weighted by Gasteiger charge is -2.23. The average Bonchev–Trinajstić information content (AvgIpc) is 2.94. The molecule has 1 saturated heterocycles. The maximum atomic E-state index is 12.6. The first kappa shape index (κ1) is 33.6. The van der Waals surface area contributed by atoms with Gasteiger partial charge in [-0.1, -0.05) is 35.4 Å². The first-order valence-electron chi connectivity index (χ1n) is 14.0. The predicted octanol–water partition coefficient (Wildman–Crippen LogP) is 1.23. The van der Waals surface area contributed by atoms with Gasteiger partial charge in [0.25, 0.3) is 0 Å². The third kappa shape index (κ3) is 12.4. The van der Waals surface area contributed by atoms with Crippen molar-refractivity contribution in [1.82, 2.24) is 19.2 Å². The third-order valence-corrected chi connectivity index (χ3v) is 9.64. The Morgan fingerprint density at radius 1 is 0.561 bits per heavy atom. The van der Waals surface area contributed by atoms with Gasteiger partial charge in [-0.15, -0.1) is 0 Å². The van der Waals surface area contributed by atoms with Gasteiger partial charge < -0.3 is 14.2 Å². The van der Waals surface area contributed by atoms with Gasteiger partial charge in [0.15, 0.2) is 0 Å². The summed E-state index contributed by atoms with van der Waals surface area (Å²) in [7, 11) is -7.15. The fourth-order valence-electron chi connectivity index (χ4n) is 4.15. The molecular weight excluding hydrogens is 568 g/mol. The van der Waals surface area contributed by atoms with Crippen molar-refractivity contribution < 1.29 is 31.0 Å². The topological polar surface area (TPSA) is 127 Å². The van der Waals surface area contributed by atoms with Gasteiger partial charge in [0.2, 0.25) is 20.0 Å². The molecule has 2 aromatic rings. The zero-order chi connectivity index (χ0) is 29.6. The third-order valence-electron chi connectivity index (χ3n) is 6.68. The Kier molecular flexibility index (Phi) is 14.1. The van der Waals surface area contributed by atoms with Crippen molar-refractivity contribution in [3.8, 4) is 0 Å². The normalized spacial score (nSPS) is 18.0. The lowest BCUT2D eigenvalue weighted by molar-refractivity contribution is 0.0326. The minimum absolute atomic E-state index is 0.249. The molecule has 0 unspecified atom stereocenters. The highest BCUT2D eigenvalue weighted by Gasteiger charge is 2.16. The van der Waals surface area contributed by atoms with Crippen LogP contribution in [0.25, 0.3) is 0 Å². The van der Waals surface area contributed by atoms with Crippen molar-refractivity contribution in [3.05, 3.63) is 59.7 Å². The van der Waals surface area contributed by atoms with Crippen LogP contribution < -0.4 is 9.44 Å². The average molecular weight is 613 g/mol. The van der Waals surface area contributed by atoms with Gasteiger partial charge in [-0.05, 0) is 38.1 Å². The predicted molar refractivity (Wildman–Crippen MR) is 158 cm³/mol. The second-order valence-corrected chi connectivity index (χ2v) is 13.5. The molecule has 0 spiro atoms. The van der Waals surface area contributed by atoms with E-state index in [1.165, 1.54) is 0 Å². The van der Waals surface area contributed by atoms with Crippen molar-refractivity contribution in [2.45, 2.75) is 23.6 Å². The Bertz CT molecular complexity index is 1140. The number of nitrogens with zero attached hydrogens (tertiary/aromatic N) is 2. The van der Waals surface area contributed by atoms with Crippen LogP contribution in [-0.2, 0) is 34.3 Å². The van der Waals surface area contributed by atoms with Crippen LogP contribution in [0, 0.1) is 13.8 Å². The second kappa shape index (κ2) is 17.2. The molecule has 0 amide bonds. The standard InChI is InChI=1S/C28H44N4O7S2/c1-25-3-7-27(8-4-25)40(33,34)29-11-13-31-15-19-37-20-16-32(18-22-39-24-23-38-21-17-31)14-12-30-41(35,36)28-9-5-26(2)6-10-28/h3-10,29-30H,11-24H2,1-2H3. The Balaban J connectivity index is 1.44. The number of hydrogen-bond donors (Lipinski definition) is 2. The molecule has 11 nitrogen and oxygen atoms in total. The van der Waals surface area contributed by atoms with E-state index in [1.54, 1.807) is 48.5 Å². The molecule has 2 aromatic carbocycles. The Morgan fingerprint density at radius 3 is 1.22 bits per heavy atom. The summed E-state index contributed by atoms with van der Waals surface area (Å²) in [5.41, 5.74) is 2.00. The SMILES string of the molecule is Cc1ccc(S(=O)(=O)NCCN2CCOCCOCCN(CCNS(=O)(=O)c3ccc(C)cc3)CCOCC2)cc1. The molecule has 230 valence electrons. The number of aryl methyl sites for hydroxylation is 2. The number of benzene rings is 2. The van der Waals surface area contributed by atoms with Gasteiger partial charge in [0.05, 0.1) is 49.4 Å². The maximum Gasteiger partial charge on any atom is 0.240 e. The van der Waals surface area contributed by atoms with Crippen LogP contribution in [0.1, 0.15) is 11.1 Å². The lowest BCUT2D eigenvalue weighted by atomic mass is 10.2. The highest BCUT2D eigenvalue weighted by molar-refractivity contribution is 7.89. The van der Waals surface area contributed by atoms with E-state index in [9.17, 15) is 16.8 Å². The molecule has 0 aliphatic carbocycles. The minimum Gasteiger partial charge on any atom is -0.379 e. The molecule has 3 rings (SSSR count). The molecule has 1 aliphatic rings. The fourth-order valence-corrected chi connectivity index (χ4v) is 6.19. The summed E-state index contributed by atoms with van der Waals surface area (Å²) in [6.45, 7) is 10.8. The van der Waals surface area contributed by atoms with Gasteiger partial charge in [0.1, 0.15) is 0 Å². The van der Waals surface area contributed by atoms with Gasteiger partial charge in [-0.3, -0.25) is 9.80 Å². The zero-order valence-corrected chi connectivity index (χ0v) is 25.7. The van der Waals surface area contributed by atoms with Crippen LogP contribution in [0.5, 0.6) is 0 Å². The molecule has 1 fully saturated rings.